The van der Waals surface area contributed by atoms with E-state index < -0.39 is 36.1 Å². The minimum absolute atomic E-state index is 0.135. The van der Waals surface area contributed by atoms with Crippen LogP contribution in [0.1, 0.15) is 68.0 Å². The lowest BCUT2D eigenvalue weighted by Gasteiger charge is -2.29. The van der Waals surface area contributed by atoms with Gasteiger partial charge in [0, 0.05) is 35.9 Å². The number of nitrogens with zero attached hydrogens (tertiary/aromatic N) is 4. The van der Waals surface area contributed by atoms with Gasteiger partial charge in [-0.3, -0.25) is 14.5 Å². The largest absolute Gasteiger partial charge is 0.453 e. The van der Waals surface area contributed by atoms with Crippen molar-refractivity contribution in [1.29, 1.82) is 0 Å². The molecule has 1 saturated heterocycles. The molecular weight excluding hydrogens is 744 g/mol. The van der Waals surface area contributed by atoms with Crippen molar-refractivity contribution in [2.45, 2.75) is 70.1 Å². The molecule has 2 aromatic heterocycles. The number of halogens is 1. The Morgan fingerprint density at radius 3 is 2.40 bits per heavy atom. The molecule has 300 valence electrons. The van der Waals surface area contributed by atoms with Crippen LogP contribution in [0.25, 0.3) is 33.6 Å². The summed E-state index contributed by atoms with van der Waals surface area (Å²) < 4.78 is 25.4. The second kappa shape index (κ2) is 15.8. The molecule has 0 bridgehead atoms. The lowest BCUT2D eigenvalue weighted by Crippen LogP contribution is -2.51. The van der Waals surface area contributed by atoms with Gasteiger partial charge in [-0.05, 0) is 54.4 Å². The van der Waals surface area contributed by atoms with E-state index in [1.807, 2.05) is 62.4 Å². The van der Waals surface area contributed by atoms with Crippen molar-refractivity contribution >= 4 is 29.7 Å². The molecule has 14 nitrogen and oxygen atoms in total. The molecule has 0 unspecified atom stereocenters. The zero-order valence-electron chi connectivity index (χ0n) is 32.7. The summed E-state index contributed by atoms with van der Waals surface area (Å²) in [7, 11) is 2.54. The van der Waals surface area contributed by atoms with Gasteiger partial charge in [0.2, 0.25) is 11.8 Å². The first-order chi connectivity index (χ1) is 28.0. The topological polar surface area (TPSA) is 175 Å². The molecule has 4 N–H and O–H groups in total. The Morgan fingerprint density at radius 1 is 0.914 bits per heavy atom. The number of aromatic nitrogens is 4. The molecule has 3 aliphatic rings. The molecule has 5 heterocycles. The second-order valence-corrected chi connectivity index (χ2v) is 15.3. The van der Waals surface area contributed by atoms with Crippen molar-refractivity contribution in [1.82, 2.24) is 35.5 Å². The highest BCUT2D eigenvalue weighted by atomic mass is 19.1. The molecule has 3 aliphatic heterocycles. The number of rotatable bonds is 9. The Bertz CT molecular complexity index is 2370. The van der Waals surface area contributed by atoms with Crippen LogP contribution in [-0.4, -0.2) is 81.7 Å². The summed E-state index contributed by atoms with van der Waals surface area (Å²) in [5.41, 5.74) is 6.76. The lowest BCUT2D eigenvalue weighted by molar-refractivity contribution is -0.135. The fourth-order valence-corrected chi connectivity index (χ4v) is 8.42. The van der Waals surface area contributed by atoms with Gasteiger partial charge < -0.3 is 35.0 Å². The number of carbonyl (C=O) groups excluding carboxylic acids is 4. The van der Waals surface area contributed by atoms with Gasteiger partial charge in [-0.1, -0.05) is 68.4 Å². The highest BCUT2D eigenvalue weighted by molar-refractivity contribution is 6.02. The molecule has 58 heavy (non-hydrogen) atoms. The average Bonchev–Trinajstić information content (AvgIpc) is 4.06. The lowest BCUT2D eigenvalue weighted by atomic mass is 10.0. The molecule has 0 aliphatic carbocycles. The molecule has 8 rings (SSSR count). The van der Waals surface area contributed by atoms with Gasteiger partial charge in [0.1, 0.15) is 29.5 Å². The molecule has 4 atom stereocenters. The number of likely N-dealkylation sites (tertiary alicyclic amines) is 1. The maximum atomic E-state index is 15.8. The molecule has 0 radical (unpaired) electrons. The number of methoxy groups -OCH3 is 2. The number of para-hydroxylation sites is 1. The quantitative estimate of drug-likeness (QED) is 0.129. The van der Waals surface area contributed by atoms with E-state index in [-0.39, 0.29) is 23.8 Å². The SMILES string of the molecule is COC(=O)N[C@H]1CCc2cccc3c2N(C1=O)[C@H](c1ncc(-c2ccc(-c4ccc(-c5c[nH]c([C@@H]6CCCN6C(=O)[C@@H](NC(=O)OC)C(C)C)n5)cc4)c(F)c2)[nH]1)C3. The first-order valence-corrected chi connectivity index (χ1v) is 19.5. The smallest absolute Gasteiger partial charge is 0.407 e. The average molecular weight is 789 g/mol. The number of benzene rings is 3. The molecule has 0 saturated carbocycles. The minimum atomic E-state index is -0.753. The zero-order valence-corrected chi connectivity index (χ0v) is 32.7. The molecule has 15 heteroatoms. The van der Waals surface area contributed by atoms with E-state index in [4.69, 9.17) is 14.5 Å². The summed E-state index contributed by atoms with van der Waals surface area (Å²) in [6, 6.07) is 16.3. The standard InChI is InChI=1S/C43H45FN8O6/c1-23(2)36(50-43(56)58-4)41(54)51-18-6-9-34(51)38-45-21-32(47-38)25-12-10-24(11-13-25)29-16-14-27(19-30(29)44)33-22-46-39(48-33)35-20-28-8-5-7-26-15-17-31(49-42(55)57-3)40(53)52(35)37(26)28/h5,7-8,10-14,16,19,21-23,31,34-36H,6,9,15,17-18,20H2,1-4H3,(H,45,47)(H,46,48)(H,49,55)(H,50,56)/t31-,34-,35-,36-/m0/s1. The summed E-state index contributed by atoms with van der Waals surface area (Å²) in [6.45, 7) is 4.31. The third kappa shape index (κ3) is 7.16. The van der Waals surface area contributed by atoms with Crippen LogP contribution in [0.5, 0.6) is 0 Å². The Hall–Kier alpha value is -6.51. The molecule has 4 amide bonds. The van der Waals surface area contributed by atoms with E-state index in [1.54, 1.807) is 28.3 Å². The van der Waals surface area contributed by atoms with Crippen LogP contribution < -0.4 is 15.5 Å². The van der Waals surface area contributed by atoms with Crippen molar-refractivity contribution in [2.75, 3.05) is 25.7 Å². The maximum Gasteiger partial charge on any atom is 0.407 e. The third-order valence-corrected chi connectivity index (χ3v) is 11.4. The Labute approximate surface area is 334 Å². The van der Waals surface area contributed by atoms with Gasteiger partial charge in [0.15, 0.2) is 0 Å². The van der Waals surface area contributed by atoms with E-state index in [0.717, 1.165) is 35.2 Å². The monoisotopic (exact) mass is 788 g/mol. The van der Waals surface area contributed by atoms with Crippen LogP contribution in [0.4, 0.5) is 19.7 Å². The minimum Gasteiger partial charge on any atom is -0.453 e. The van der Waals surface area contributed by atoms with Crippen LogP contribution in [0, 0.1) is 11.7 Å². The van der Waals surface area contributed by atoms with E-state index in [9.17, 15) is 19.2 Å². The van der Waals surface area contributed by atoms with Crippen LogP contribution >= 0.6 is 0 Å². The number of alkyl carbamates (subject to hydrolysis) is 2. The van der Waals surface area contributed by atoms with E-state index in [2.05, 4.69) is 25.6 Å². The third-order valence-electron chi connectivity index (χ3n) is 11.4. The highest BCUT2D eigenvalue weighted by Crippen LogP contribution is 2.45. The number of aryl methyl sites for hydroxylation is 1. The van der Waals surface area contributed by atoms with Crippen LogP contribution in [-0.2, 0) is 31.9 Å². The first-order valence-electron chi connectivity index (χ1n) is 19.5. The number of anilines is 1. The Balaban J connectivity index is 0.970. The van der Waals surface area contributed by atoms with Gasteiger partial charge in [-0.15, -0.1) is 0 Å². The molecule has 1 fully saturated rings. The Morgan fingerprint density at radius 2 is 1.66 bits per heavy atom. The number of aromatic amines is 2. The number of nitrogens with one attached hydrogen (secondary N) is 4. The van der Waals surface area contributed by atoms with Crippen molar-refractivity contribution < 1.29 is 33.0 Å². The number of hydrogen-bond acceptors (Lipinski definition) is 8. The summed E-state index contributed by atoms with van der Waals surface area (Å²) in [5, 5.41) is 5.37. The number of ether oxygens (including phenoxy) is 2. The van der Waals surface area contributed by atoms with Crippen molar-refractivity contribution in [2.24, 2.45) is 5.92 Å². The van der Waals surface area contributed by atoms with Gasteiger partial charge in [0.05, 0.1) is 49.6 Å². The molecular formula is C43H45FN8O6. The fraction of sp³-hybridized carbons (Fsp3) is 0.349. The second-order valence-electron chi connectivity index (χ2n) is 15.3. The summed E-state index contributed by atoms with van der Waals surface area (Å²) in [6.07, 6.45) is 5.29. The predicted molar refractivity (Wildman–Crippen MR) is 213 cm³/mol. The van der Waals surface area contributed by atoms with E-state index in [1.165, 1.54) is 20.3 Å². The molecule has 5 aromatic rings. The van der Waals surface area contributed by atoms with Crippen LogP contribution in [0.15, 0.2) is 73.1 Å². The van der Waals surface area contributed by atoms with Crippen molar-refractivity contribution in [3.63, 3.8) is 0 Å². The number of amides is 4. The van der Waals surface area contributed by atoms with E-state index >= 15 is 4.39 Å². The fourth-order valence-electron chi connectivity index (χ4n) is 8.42. The summed E-state index contributed by atoms with van der Waals surface area (Å²) in [4.78, 5) is 71.1. The molecule has 3 aromatic carbocycles. The van der Waals surface area contributed by atoms with E-state index in [0.29, 0.717) is 65.5 Å². The zero-order chi connectivity index (χ0) is 40.7. The van der Waals surface area contributed by atoms with Gasteiger partial charge in [0.25, 0.3) is 0 Å². The normalized spacial score (nSPS) is 19.1. The van der Waals surface area contributed by atoms with Gasteiger partial charge >= 0.3 is 12.2 Å². The van der Waals surface area contributed by atoms with Gasteiger partial charge in [-0.2, -0.15) is 0 Å². The summed E-state index contributed by atoms with van der Waals surface area (Å²) in [5.74, 6) is 0.271. The number of imidazole rings is 2. The van der Waals surface area contributed by atoms with Crippen molar-refractivity contribution in [3.05, 3.63) is 102 Å². The first kappa shape index (κ1) is 38.4. The Kier molecular flexibility index (Phi) is 10.4. The molecule has 0 spiro atoms. The number of carbonyl (C=O) groups is 4. The highest BCUT2D eigenvalue weighted by Gasteiger charge is 2.43. The van der Waals surface area contributed by atoms with Crippen molar-refractivity contribution in [3.8, 4) is 33.6 Å². The van der Waals surface area contributed by atoms with Crippen LogP contribution in [0.3, 0.4) is 0 Å². The predicted octanol–water partition coefficient (Wildman–Crippen LogP) is 6.62. The summed E-state index contributed by atoms with van der Waals surface area (Å²) >= 11 is 0. The maximum absolute atomic E-state index is 15.8. The number of H-pyrrole nitrogens is 2. The van der Waals surface area contributed by atoms with Gasteiger partial charge in [-0.25, -0.2) is 23.9 Å². The number of hydrogen-bond donors (Lipinski definition) is 4. The van der Waals surface area contributed by atoms with Crippen LogP contribution in [0.2, 0.25) is 0 Å².